The van der Waals surface area contributed by atoms with Crippen molar-refractivity contribution in [2.24, 2.45) is 5.92 Å². The lowest BCUT2D eigenvalue weighted by molar-refractivity contribution is -0.132. The monoisotopic (exact) mass is 375 g/mol. The molecule has 2 aliphatic rings. The van der Waals surface area contributed by atoms with Crippen LogP contribution in [0.1, 0.15) is 23.5 Å². The number of carbonyl (C=O) groups is 2. The lowest BCUT2D eigenvalue weighted by Crippen LogP contribution is -2.30. The van der Waals surface area contributed by atoms with Gasteiger partial charge in [-0.05, 0) is 34.6 Å². The summed E-state index contributed by atoms with van der Waals surface area (Å²) in [7, 11) is 0. The zero-order valence-electron chi connectivity index (χ0n) is 15.3. The van der Waals surface area contributed by atoms with E-state index in [1.54, 1.807) is 12.2 Å². The van der Waals surface area contributed by atoms with Crippen LogP contribution in [-0.4, -0.2) is 30.3 Å². The highest BCUT2D eigenvalue weighted by Crippen LogP contribution is 2.44. The van der Waals surface area contributed by atoms with Gasteiger partial charge in [0.15, 0.2) is 0 Å². The third-order valence-corrected chi connectivity index (χ3v) is 5.29. The van der Waals surface area contributed by atoms with Crippen molar-refractivity contribution < 1.29 is 19.4 Å². The molecule has 1 amide bonds. The minimum absolute atomic E-state index is 0.0359. The van der Waals surface area contributed by atoms with Crippen LogP contribution in [0, 0.1) is 5.92 Å². The molecule has 2 aromatic rings. The molecular formula is C23H21NO4. The molecule has 28 heavy (non-hydrogen) atoms. The molecule has 1 atom stereocenters. The van der Waals surface area contributed by atoms with E-state index in [0.717, 1.165) is 0 Å². The molecule has 2 N–H and O–H groups in total. The van der Waals surface area contributed by atoms with E-state index in [1.165, 1.54) is 22.3 Å². The number of alkyl carbamates (subject to hydrolysis) is 1. The van der Waals surface area contributed by atoms with Crippen LogP contribution in [-0.2, 0) is 9.53 Å². The van der Waals surface area contributed by atoms with Crippen LogP contribution in [0.2, 0.25) is 0 Å². The third-order valence-electron chi connectivity index (χ3n) is 5.29. The van der Waals surface area contributed by atoms with Gasteiger partial charge in [-0.1, -0.05) is 66.8 Å². The van der Waals surface area contributed by atoms with E-state index in [1.807, 2.05) is 30.3 Å². The smallest absolute Gasteiger partial charge is 0.407 e. The largest absolute Gasteiger partial charge is 0.478 e. The number of carboxylic acids is 1. The predicted molar refractivity (Wildman–Crippen MR) is 106 cm³/mol. The number of hydrogen-bond acceptors (Lipinski definition) is 3. The number of allylic oxidation sites excluding steroid dienone is 1. The van der Waals surface area contributed by atoms with E-state index in [9.17, 15) is 9.59 Å². The van der Waals surface area contributed by atoms with E-state index in [4.69, 9.17) is 9.84 Å². The zero-order chi connectivity index (χ0) is 19.5. The summed E-state index contributed by atoms with van der Waals surface area (Å²) in [6, 6.07) is 16.4. The normalized spacial score (nSPS) is 17.4. The minimum atomic E-state index is -0.931. The molecule has 0 heterocycles. The Bertz CT molecular complexity index is 931. The summed E-state index contributed by atoms with van der Waals surface area (Å²) < 4.78 is 5.51. The summed E-state index contributed by atoms with van der Waals surface area (Å²) >= 11 is 0. The Morgan fingerprint density at radius 3 is 2.25 bits per heavy atom. The quantitative estimate of drug-likeness (QED) is 0.825. The molecule has 142 valence electrons. The number of carboxylic acid groups (broad SMARTS) is 1. The molecule has 0 aromatic heterocycles. The highest BCUT2D eigenvalue weighted by atomic mass is 16.5. The van der Waals surface area contributed by atoms with Crippen LogP contribution >= 0.6 is 0 Å². The maximum absolute atomic E-state index is 12.2. The SMILES string of the molecule is O=C(NCC1C=CC(C(=O)O)=CC1)OCC1c2ccccc2-c2ccccc21. The van der Waals surface area contributed by atoms with Crippen molar-refractivity contribution in [1.29, 1.82) is 0 Å². The Morgan fingerprint density at radius 1 is 1.04 bits per heavy atom. The van der Waals surface area contributed by atoms with Gasteiger partial charge in [0.2, 0.25) is 0 Å². The van der Waals surface area contributed by atoms with Gasteiger partial charge in [-0.25, -0.2) is 9.59 Å². The van der Waals surface area contributed by atoms with Crippen LogP contribution in [0.3, 0.4) is 0 Å². The average molecular weight is 375 g/mol. The standard InChI is InChI=1S/C23H21NO4/c25-22(26)16-11-9-15(10-12-16)13-24-23(27)28-14-21-19-7-3-1-5-17(19)18-6-2-4-8-20(18)21/h1-9,11-12,15,21H,10,13-14H2,(H,24,27)(H,25,26). The lowest BCUT2D eigenvalue weighted by Gasteiger charge is -2.17. The minimum Gasteiger partial charge on any atom is -0.478 e. The van der Waals surface area contributed by atoms with Crippen LogP contribution in [0.25, 0.3) is 11.1 Å². The summed E-state index contributed by atoms with van der Waals surface area (Å²) in [6.07, 6.45) is 5.19. The maximum Gasteiger partial charge on any atom is 0.407 e. The number of benzene rings is 2. The number of hydrogen-bond donors (Lipinski definition) is 2. The molecule has 0 radical (unpaired) electrons. The molecule has 0 spiro atoms. The number of aliphatic carboxylic acids is 1. The summed E-state index contributed by atoms with van der Waals surface area (Å²) in [5.74, 6) is -0.823. The molecule has 2 aliphatic carbocycles. The second-order valence-electron chi connectivity index (χ2n) is 7.03. The van der Waals surface area contributed by atoms with Gasteiger partial charge in [-0.15, -0.1) is 0 Å². The molecule has 1 unspecified atom stereocenters. The predicted octanol–water partition coefficient (Wildman–Crippen LogP) is 4.11. The Balaban J connectivity index is 1.33. The number of ether oxygens (including phenoxy) is 1. The first-order valence-corrected chi connectivity index (χ1v) is 9.34. The van der Waals surface area contributed by atoms with Crippen molar-refractivity contribution in [3.05, 3.63) is 83.5 Å². The fourth-order valence-electron chi connectivity index (χ4n) is 3.84. The van der Waals surface area contributed by atoms with Crippen molar-refractivity contribution in [2.75, 3.05) is 13.2 Å². The number of rotatable bonds is 5. The van der Waals surface area contributed by atoms with Gasteiger partial charge in [0, 0.05) is 12.5 Å². The van der Waals surface area contributed by atoms with E-state index >= 15 is 0 Å². The Morgan fingerprint density at radius 2 is 1.68 bits per heavy atom. The summed E-state index contributed by atoms with van der Waals surface area (Å²) in [4.78, 5) is 23.1. The molecule has 2 aromatic carbocycles. The molecule has 0 aliphatic heterocycles. The van der Waals surface area contributed by atoms with Crippen LogP contribution in [0.5, 0.6) is 0 Å². The zero-order valence-corrected chi connectivity index (χ0v) is 15.3. The van der Waals surface area contributed by atoms with E-state index < -0.39 is 12.1 Å². The van der Waals surface area contributed by atoms with Crippen molar-refractivity contribution in [3.8, 4) is 11.1 Å². The van der Waals surface area contributed by atoms with Crippen molar-refractivity contribution in [1.82, 2.24) is 5.32 Å². The van der Waals surface area contributed by atoms with Gasteiger partial charge in [-0.3, -0.25) is 0 Å². The number of amides is 1. The molecule has 0 saturated carbocycles. The fourth-order valence-corrected chi connectivity index (χ4v) is 3.84. The van der Waals surface area contributed by atoms with Gasteiger partial charge in [0.05, 0.1) is 5.57 Å². The Kier molecular flexibility index (Phi) is 4.98. The Hall–Kier alpha value is -3.34. The van der Waals surface area contributed by atoms with Gasteiger partial charge >= 0.3 is 12.1 Å². The third kappa shape index (κ3) is 3.56. The van der Waals surface area contributed by atoms with Crippen LogP contribution in [0.4, 0.5) is 4.79 Å². The number of nitrogens with one attached hydrogen (secondary N) is 1. The number of fused-ring (bicyclic) bond motifs is 3. The van der Waals surface area contributed by atoms with Gasteiger partial charge in [0.25, 0.3) is 0 Å². The summed E-state index contributed by atoms with van der Waals surface area (Å²) in [6.45, 7) is 0.694. The lowest BCUT2D eigenvalue weighted by atomic mass is 9.97. The second-order valence-corrected chi connectivity index (χ2v) is 7.03. The average Bonchev–Trinajstić information content (AvgIpc) is 3.05. The van der Waals surface area contributed by atoms with Crippen molar-refractivity contribution in [3.63, 3.8) is 0 Å². The highest BCUT2D eigenvalue weighted by Gasteiger charge is 2.29. The molecule has 5 nitrogen and oxygen atoms in total. The molecule has 0 fully saturated rings. The molecular weight excluding hydrogens is 354 g/mol. The molecule has 0 bridgehead atoms. The fraction of sp³-hybridized carbons (Fsp3) is 0.217. The van der Waals surface area contributed by atoms with Crippen molar-refractivity contribution in [2.45, 2.75) is 12.3 Å². The van der Waals surface area contributed by atoms with Gasteiger partial charge in [-0.2, -0.15) is 0 Å². The van der Waals surface area contributed by atoms with E-state index in [-0.39, 0.29) is 24.0 Å². The first-order chi connectivity index (χ1) is 13.6. The van der Waals surface area contributed by atoms with Gasteiger partial charge in [0.1, 0.15) is 6.61 Å². The first kappa shape index (κ1) is 18.0. The van der Waals surface area contributed by atoms with E-state index in [0.29, 0.717) is 13.0 Å². The van der Waals surface area contributed by atoms with Crippen molar-refractivity contribution >= 4 is 12.1 Å². The second kappa shape index (κ2) is 7.72. The first-order valence-electron chi connectivity index (χ1n) is 9.34. The summed E-state index contributed by atoms with van der Waals surface area (Å²) in [5.41, 5.74) is 5.04. The molecule has 5 heteroatoms. The van der Waals surface area contributed by atoms with Crippen LogP contribution in [0.15, 0.2) is 72.3 Å². The van der Waals surface area contributed by atoms with Gasteiger partial charge < -0.3 is 15.2 Å². The maximum atomic E-state index is 12.2. The van der Waals surface area contributed by atoms with E-state index in [2.05, 4.69) is 29.6 Å². The topological polar surface area (TPSA) is 75.6 Å². The summed E-state index contributed by atoms with van der Waals surface area (Å²) in [5, 5.41) is 11.7. The molecule has 0 saturated heterocycles. The number of carbonyl (C=O) groups excluding carboxylic acids is 1. The highest BCUT2D eigenvalue weighted by molar-refractivity contribution is 5.90. The van der Waals surface area contributed by atoms with Crippen LogP contribution < -0.4 is 5.32 Å². The molecule has 4 rings (SSSR count). The Labute approximate surface area is 163 Å².